The Kier molecular flexibility index (Phi) is 5.54. The van der Waals surface area contributed by atoms with Gasteiger partial charge in [0.05, 0.1) is 11.3 Å². The third-order valence-corrected chi connectivity index (χ3v) is 4.70. The van der Waals surface area contributed by atoms with Crippen molar-refractivity contribution in [1.82, 2.24) is 4.98 Å². The van der Waals surface area contributed by atoms with E-state index in [0.717, 1.165) is 11.8 Å². The lowest BCUT2D eigenvalue weighted by Crippen LogP contribution is -2.22. The summed E-state index contributed by atoms with van der Waals surface area (Å²) in [5, 5.41) is 29.2. The molecule has 0 amide bonds. The molecule has 0 radical (unpaired) electrons. The van der Waals surface area contributed by atoms with Crippen molar-refractivity contribution in [2.45, 2.75) is 25.8 Å². The number of hydrogen-bond donors (Lipinski definition) is 2. The standard InChI is InChI=1S/C19H18N4O2S/c1-19(2,3)15(25)10-26-18-14(9-21)16(13(8-20)17(22)23-18)11-5-4-6-12(24)7-11/h4-7,24H,10H2,1-3H3,(H2,22,23). The number of nitrogens with two attached hydrogens (primary N) is 1. The largest absolute Gasteiger partial charge is 0.508 e. The Morgan fingerprint density at radius 3 is 2.46 bits per heavy atom. The topological polar surface area (TPSA) is 124 Å². The van der Waals surface area contributed by atoms with E-state index in [1.54, 1.807) is 12.1 Å². The Labute approximate surface area is 156 Å². The lowest BCUT2D eigenvalue weighted by Gasteiger charge is -2.17. The maximum absolute atomic E-state index is 12.2. The molecule has 0 spiro atoms. The van der Waals surface area contributed by atoms with Crippen LogP contribution in [0.3, 0.4) is 0 Å². The van der Waals surface area contributed by atoms with Crippen LogP contribution in [-0.4, -0.2) is 21.6 Å². The van der Waals surface area contributed by atoms with Crippen molar-refractivity contribution in [3.8, 4) is 29.0 Å². The summed E-state index contributed by atoms with van der Waals surface area (Å²) in [5.41, 5.74) is 6.43. The zero-order valence-corrected chi connectivity index (χ0v) is 15.5. The highest BCUT2D eigenvalue weighted by atomic mass is 32.2. The molecule has 2 rings (SSSR count). The highest BCUT2D eigenvalue weighted by molar-refractivity contribution is 8.00. The van der Waals surface area contributed by atoms with E-state index >= 15 is 0 Å². The molecular formula is C19H18N4O2S. The molecule has 0 fully saturated rings. The summed E-state index contributed by atoms with van der Waals surface area (Å²) >= 11 is 1.12. The van der Waals surface area contributed by atoms with Gasteiger partial charge in [-0.3, -0.25) is 4.79 Å². The molecule has 2 aromatic rings. The molecule has 26 heavy (non-hydrogen) atoms. The van der Waals surface area contributed by atoms with Crippen LogP contribution in [0.25, 0.3) is 11.1 Å². The second kappa shape index (κ2) is 7.47. The number of carbonyl (C=O) groups excluding carboxylic acids is 1. The number of nitriles is 2. The smallest absolute Gasteiger partial charge is 0.148 e. The Morgan fingerprint density at radius 2 is 1.92 bits per heavy atom. The first-order valence-electron chi connectivity index (χ1n) is 7.78. The fraction of sp³-hybridized carbons (Fsp3) is 0.263. The number of aromatic hydroxyl groups is 1. The summed E-state index contributed by atoms with van der Waals surface area (Å²) in [4.78, 5) is 16.4. The monoisotopic (exact) mass is 366 g/mol. The first kappa shape index (κ1) is 19.3. The molecule has 1 heterocycles. The summed E-state index contributed by atoms with van der Waals surface area (Å²) in [7, 11) is 0. The number of ketones is 1. The third kappa shape index (κ3) is 3.96. The van der Waals surface area contributed by atoms with Gasteiger partial charge in [0.2, 0.25) is 0 Å². The number of phenols is 1. The Hall–Kier alpha value is -3.03. The van der Waals surface area contributed by atoms with Gasteiger partial charge in [0, 0.05) is 11.0 Å². The molecule has 0 aliphatic heterocycles. The average molecular weight is 366 g/mol. The molecule has 0 aliphatic carbocycles. The summed E-state index contributed by atoms with van der Waals surface area (Å²) < 4.78 is 0. The number of benzene rings is 1. The highest BCUT2D eigenvalue weighted by Gasteiger charge is 2.24. The lowest BCUT2D eigenvalue weighted by molar-refractivity contribution is -0.123. The number of pyridine rings is 1. The summed E-state index contributed by atoms with van der Waals surface area (Å²) in [6.07, 6.45) is 0. The summed E-state index contributed by atoms with van der Waals surface area (Å²) in [6.45, 7) is 5.46. The molecule has 0 unspecified atom stereocenters. The van der Waals surface area contributed by atoms with Crippen molar-refractivity contribution in [1.29, 1.82) is 10.5 Å². The van der Waals surface area contributed by atoms with Gasteiger partial charge in [-0.05, 0) is 17.7 Å². The van der Waals surface area contributed by atoms with Crippen LogP contribution in [0, 0.1) is 28.1 Å². The van der Waals surface area contributed by atoms with Crippen molar-refractivity contribution in [2.24, 2.45) is 5.41 Å². The molecule has 0 atom stereocenters. The van der Waals surface area contributed by atoms with Crippen molar-refractivity contribution in [3.05, 3.63) is 35.4 Å². The van der Waals surface area contributed by atoms with Gasteiger partial charge >= 0.3 is 0 Å². The second-order valence-electron chi connectivity index (χ2n) is 6.66. The van der Waals surface area contributed by atoms with Crippen LogP contribution >= 0.6 is 11.8 Å². The van der Waals surface area contributed by atoms with Crippen LogP contribution in [0.4, 0.5) is 5.82 Å². The molecule has 0 saturated heterocycles. The molecule has 0 saturated carbocycles. The van der Waals surface area contributed by atoms with Gasteiger partial charge in [-0.1, -0.05) is 44.7 Å². The number of phenolic OH excluding ortho intramolecular Hbond substituents is 1. The fourth-order valence-electron chi connectivity index (χ4n) is 2.20. The van der Waals surface area contributed by atoms with Crippen molar-refractivity contribution >= 4 is 23.4 Å². The van der Waals surface area contributed by atoms with Gasteiger partial charge in [-0.15, -0.1) is 0 Å². The maximum Gasteiger partial charge on any atom is 0.148 e. The van der Waals surface area contributed by atoms with Gasteiger partial charge in [-0.2, -0.15) is 10.5 Å². The average Bonchev–Trinajstić information content (AvgIpc) is 2.57. The van der Waals surface area contributed by atoms with Crippen LogP contribution < -0.4 is 5.73 Å². The zero-order valence-electron chi connectivity index (χ0n) is 14.7. The van der Waals surface area contributed by atoms with E-state index in [0.29, 0.717) is 16.2 Å². The minimum absolute atomic E-state index is 0.00257. The van der Waals surface area contributed by atoms with Crippen LogP contribution in [-0.2, 0) is 4.79 Å². The number of carbonyl (C=O) groups is 1. The van der Waals surface area contributed by atoms with Gasteiger partial charge in [0.1, 0.15) is 40.1 Å². The number of nitrogens with zero attached hydrogens (tertiary/aromatic N) is 3. The van der Waals surface area contributed by atoms with E-state index in [2.05, 4.69) is 11.1 Å². The van der Waals surface area contributed by atoms with Crippen molar-refractivity contribution in [3.63, 3.8) is 0 Å². The molecular weight excluding hydrogens is 348 g/mol. The number of anilines is 1. The molecule has 0 bridgehead atoms. The summed E-state index contributed by atoms with van der Waals surface area (Å²) in [5.74, 6) is 0.129. The zero-order chi connectivity index (χ0) is 19.5. The van der Waals surface area contributed by atoms with Crippen LogP contribution in [0.5, 0.6) is 5.75 Å². The molecule has 3 N–H and O–H groups in total. The minimum Gasteiger partial charge on any atom is -0.508 e. The second-order valence-corrected chi connectivity index (χ2v) is 7.63. The third-order valence-electron chi connectivity index (χ3n) is 3.73. The van der Waals surface area contributed by atoms with E-state index in [1.807, 2.05) is 26.8 Å². The Balaban J connectivity index is 2.61. The number of Topliss-reactive ketones (excluding diaryl/α,β-unsaturated/α-hetero) is 1. The number of rotatable bonds is 4. The molecule has 1 aromatic heterocycles. The Bertz CT molecular complexity index is 950. The summed E-state index contributed by atoms with van der Waals surface area (Å²) in [6, 6.07) is 10.3. The normalized spacial score (nSPS) is 10.8. The first-order valence-corrected chi connectivity index (χ1v) is 8.76. The molecule has 6 nitrogen and oxygen atoms in total. The number of hydrogen-bond acceptors (Lipinski definition) is 7. The van der Waals surface area contributed by atoms with E-state index in [1.165, 1.54) is 12.1 Å². The van der Waals surface area contributed by atoms with Gasteiger partial charge in [-0.25, -0.2) is 4.98 Å². The molecule has 1 aromatic carbocycles. The van der Waals surface area contributed by atoms with E-state index in [4.69, 9.17) is 5.73 Å². The predicted octanol–water partition coefficient (Wildman–Crippen LogP) is 3.49. The van der Waals surface area contributed by atoms with E-state index < -0.39 is 5.41 Å². The predicted molar refractivity (Wildman–Crippen MR) is 100 cm³/mol. The highest BCUT2D eigenvalue weighted by Crippen LogP contribution is 2.37. The number of thioether (sulfide) groups is 1. The maximum atomic E-state index is 12.2. The van der Waals surface area contributed by atoms with Crippen LogP contribution in [0.15, 0.2) is 29.3 Å². The number of nitrogen functional groups attached to an aromatic ring is 1. The fourth-order valence-corrected chi connectivity index (χ4v) is 3.36. The quantitative estimate of drug-likeness (QED) is 0.794. The van der Waals surface area contributed by atoms with Gasteiger partial charge in [0.15, 0.2) is 0 Å². The van der Waals surface area contributed by atoms with E-state index in [9.17, 15) is 20.4 Å². The van der Waals surface area contributed by atoms with E-state index in [-0.39, 0.29) is 34.2 Å². The SMILES string of the molecule is CC(C)(C)C(=O)CSc1nc(N)c(C#N)c(-c2cccc(O)c2)c1C#N. The molecule has 0 aliphatic rings. The first-order chi connectivity index (χ1) is 12.2. The van der Waals surface area contributed by atoms with Gasteiger partial charge in [0.25, 0.3) is 0 Å². The molecule has 132 valence electrons. The molecule has 7 heteroatoms. The Morgan fingerprint density at radius 1 is 1.27 bits per heavy atom. The van der Waals surface area contributed by atoms with Crippen molar-refractivity contribution in [2.75, 3.05) is 11.5 Å². The van der Waals surface area contributed by atoms with Gasteiger partial charge < -0.3 is 10.8 Å². The number of aromatic nitrogens is 1. The minimum atomic E-state index is -0.508. The van der Waals surface area contributed by atoms with Crippen LogP contribution in [0.1, 0.15) is 31.9 Å². The van der Waals surface area contributed by atoms with Crippen molar-refractivity contribution < 1.29 is 9.90 Å². The van der Waals surface area contributed by atoms with Crippen LogP contribution in [0.2, 0.25) is 0 Å². The lowest BCUT2D eigenvalue weighted by atomic mass is 9.92.